The molecule has 2 rings (SSSR count). The van der Waals surface area contributed by atoms with Crippen LogP contribution in [-0.2, 0) is 16.0 Å². The number of hydrogen-bond donors (Lipinski definition) is 0. The van der Waals surface area contributed by atoms with Crippen LogP contribution in [0.3, 0.4) is 0 Å². The highest BCUT2D eigenvalue weighted by Gasteiger charge is 2.39. The molecule has 0 heterocycles. The Morgan fingerprint density at radius 3 is 2.09 bits per heavy atom. The Balaban J connectivity index is 2.34. The van der Waals surface area contributed by atoms with Crippen molar-refractivity contribution in [2.75, 3.05) is 0 Å². The molecule has 0 amide bonds. The molecule has 1 aromatic rings. The zero-order valence-corrected chi connectivity index (χ0v) is 12.5. The van der Waals surface area contributed by atoms with Gasteiger partial charge >= 0.3 is 11.2 Å². The Bertz CT molecular complexity index is 684. The van der Waals surface area contributed by atoms with Crippen molar-refractivity contribution in [1.82, 2.24) is 0 Å². The first-order valence-corrected chi connectivity index (χ1v) is 8.45. The molecule has 4 nitrogen and oxygen atoms in total. The van der Waals surface area contributed by atoms with Gasteiger partial charge in [0.1, 0.15) is 0 Å². The van der Waals surface area contributed by atoms with E-state index in [0.29, 0.717) is 12.8 Å². The number of sulfone groups is 1. The maximum Gasteiger partial charge on any atom is 0.416 e. The van der Waals surface area contributed by atoms with Gasteiger partial charge in [0.25, 0.3) is 9.84 Å². The summed E-state index contributed by atoms with van der Waals surface area (Å²) in [5.74, 6) is 0. The molecule has 0 saturated heterocycles. The first-order valence-electron chi connectivity index (χ1n) is 6.90. The van der Waals surface area contributed by atoms with E-state index in [-0.39, 0.29) is 5.56 Å². The molecule has 0 atom stereocenters. The first-order chi connectivity index (χ1) is 10.3. The second kappa shape index (κ2) is 6.22. The third-order valence-corrected chi connectivity index (χ3v) is 6.02. The summed E-state index contributed by atoms with van der Waals surface area (Å²) in [6.07, 6.45) is -1.05. The number of nitrogens with zero attached hydrogens (tertiary/aromatic N) is 2. The van der Waals surface area contributed by atoms with Crippen LogP contribution in [0.1, 0.15) is 43.2 Å². The number of alkyl halides is 3. The van der Waals surface area contributed by atoms with Crippen molar-refractivity contribution in [3.05, 3.63) is 40.9 Å². The van der Waals surface area contributed by atoms with E-state index in [1.807, 2.05) is 0 Å². The molecule has 22 heavy (non-hydrogen) atoms. The molecule has 0 aliphatic heterocycles. The number of rotatable bonds is 2. The summed E-state index contributed by atoms with van der Waals surface area (Å²) in [7, 11) is -3.86. The van der Waals surface area contributed by atoms with Crippen molar-refractivity contribution in [2.45, 2.75) is 43.5 Å². The Morgan fingerprint density at radius 2 is 1.64 bits per heavy atom. The van der Waals surface area contributed by atoms with Crippen LogP contribution in [0.5, 0.6) is 0 Å². The molecular formula is C14H15F3N2O2S. The van der Waals surface area contributed by atoms with E-state index in [0.717, 1.165) is 43.5 Å². The lowest BCUT2D eigenvalue weighted by Gasteiger charge is -2.19. The lowest BCUT2D eigenvalue weighted by Crippen LogP contribution is -2.31. The highest BCUT2D eigenvalue weighted by Crippen LogP contribution is 2.30. The zero-order valence-electron chi connectivity index (χ0n) is 11.7. The fourth-order valence-electron chi connectivity index (χ4n) is 2.61. The molecule has 1 saturated carbocycles. The first kappa shape index (κ1) is 16.7. The molecule has 1 aliphatic rings. The van der Waals surface area contributed by atoms with E-state index in [9.17, 15) is 21.6 Å². The fraction of sp³-hybridized carbons (Fsp3) is 0.500. The quantitative estimate of drug-likeness (QED) is 0.360. The SMILES string of the molecule is [N-]=[N+]=C(c1ccc(C(F)(F)F)cc1)S(=O)(=O)C1CCCCC1. The fourth-order valence-corrected chi connectivity index (χ4v) is 4.46. The molecule has 0 aromatic heterocycles. The van der Waals surface area contributed by atoms with Crippen molar-refractivity contribution in [1.29, 1.82) is 0 Å². The van der Waals surface area contributed by atoms with Crippen LogP contribution in [0, 0.1) is 0 Å². The molecule has 0 N–H and O–H groups in total. The topological polar surface area (TPSA) is 70.5 Å². The summed E-state index contributed by atoms with van der Waals surface area (Å²) in [6.45, 7) is 0. The van der Waals surface area contributed by atoms with Crippen LogP contribution in [0.25, 0.3) is 5.53 Å². The maximum atomic E-state index is 12.5. The summed E-state index contributed by atoms with van der Waals surface area (Å²) in [4.78, 5) is 2.84. The summed E-state index contributed by atoms with van der Waals surface area (Å²) in [5.41, 5.74) is 8.14. The average Bonchev–Trinajstić information content (AvgIpc) is 2.48. The molecule has 8 heteroatoms. The van der Waals surface area contributed by atoms with Crippen molar-refractivity contribution in [3.63, 3.8) is 0 Å². The minimum Gasteiger partial charge on any atom is -0.360 e. The van der Waals surface area contributed by atoms with E-state index in [4.69, 9.17) is 5.53 Å². The van der Waals surface area contributed by atoms with Gasteiger partial charge in [0.05, 0.1) is 16.4 Å². The van der Waals surface area contributed by atoms with Gasteiger partial charge in [0.2, 0.25) is 0 Å². The molecule has 1 fully saturated rings. The highest BCUT2D eigenvalue weighted by atomic mass is 32.2. The number of halogens is 3. The molecule has 0 radical (unpaired) electrons. The largest absolute Gasteiger partial charge is 0.416 e. The predicted molar refractivity (Wildman–Crippen MR) is 75.0 cm³/mol. The monoisotopic (exact) mass is 332 g/mol. The second-order valence-corrected chi connectivity index (χ2v) is 7.43. The van der Waals surface area contributed by atoms with Gasteiger partial charge in [-0.05, 0) is 37.1 Å². The Kier molecular flexibility index (Phi) is 4.72. The number of hydrogen-bond acceptors (Lipinski definition) is 2. The Morgan fingerprint density at radius 1 is 1.09 bits per heavy atom. The Labute approximate surface area is 126 Å². The normalized spacial score (nSPS) is 17.0. The Hall–Kier alpha value is -1.66. The summed E-state index contributed by atoms with van der Waals surface area (Å²) in [5, 5.41) is -1.21. The van der Waals surface area contributed by atoms with Crippen LogP contribution in [0.15, 0.2) is 24.3 Å². The standard InChI is InChI=1S/C14H15F3N2O2S/c15-14(16,17)11-8-6-10(7-9-11)13(19-18)22(20,21)12-4-2-1-3-5-12/h6-9,12H,1-5H2. The van der Waals surface area contributed by atoms with Gasteiger partial charge in [-0.2, -0.15) is 18.0 Å². The van der Waals surface area contributed by atoms with Crippen molar-refractivity contribution < 1.29 is 26.4 Å². The second-order valence-electron chi connectivity index (χ2n) is 5.29. The summed E-state index contributed by atoms with van der Waals surface area (Å²) >= 11 is 0. The van der Waals surface area contributed by atoms with Crippen LogP contribution in [0.4, 0.5) is 13.2 Å². The van der Waals surface area contributed by atoms with E-state index in [2.05, 4.69) is 4.79 Å². The van der Waals surface area contributed by atoms with Gasteiger partial charge in [0.15, 0.2) is 0 Å². The molecule has 1 aromatic carbocycles. The van der Waals surface area contributed by atoms with E-state index >= 15 is 0 Å². The van der Waals surface area contributed by atoms with Crippen molar-refractivity contribution in [2.24, 2.45) is 0 Å². The lowest BCUT2D eigenvalue weighted by molar-refractivity contribution is -0.137. The summed E-state index contributed by atoms with van der Waals surface area (Å²) < 4.78 is 62.6. The van der Waals surface area contributed by atoms with Crippen LogP contribution >= 0.6 is 0 Å². The van der Waals surface area contributed by atoms with Crippen LogP contribution < -0.4 is 0 Å². The number of benzene rings is 1. The van der Waals surface area contributed by atoms with E-state index < -0.39 is 31.9 Å². The molecule has 120 valence electrons. The van der Waals surface area contributed by atoms with Gasteiger partial charge in [0, 0.05) is 0 Å². The van der Waals surface area contributed by atoms with Crippen LogP contribution in [0.2, 0.25) is 0 Å². The van der Waals surface area contributed by atoms with Gasteiger partial charge in [-0.15, -0.1) is 0 Å². The molecule has 0 unspecified atom stereocenters. The maximum absolute atomic E-state index is 12.5. The average molecular weight is 332 g/mol. The minimum atomic E-state index is -4.50. The highest BCUT2D eigenvalue weighted by molar-refractivity contribution is 8.07. The molecular weight excluding hydrogens is 317 g/mol. The summed E-state index contributed by atoms with van der Waals surface area (Å²) in [6, 6.07) is 3.57. The van der Waals surface area contributed by atoms with Crippen molar-refractivity contribution >= 4 is 14.9 Å². The third-order valence-electron chi connectivity index (χ3n) is 3.81. The smallest absolute Gasteiger partial charge is 0.360 e. The van der Waals surface area contributed by atoms with Gasteiger partial charge in [-0.25, -0.2) is 8.42 Å². The minimum absolute atomic E-state index is 0.0407. The van der Waals surface area contributed by atoms with E-state index in [1.54, 1.807) is 0 Å². The third kappa shape index (κ3) is 3.39. The van der Waals surface area contributed by atoms with Crippen LogP contribution in [-0.4, -0.2) is 23.5 Å². The predicted octanol–water partition coefficient (Wildman–Crippen LogP) is 3.43. The van der Waals surface area contributed by atoms with Crippen molar-refractivity contribution in [3.8, 4) is 0 Å². The molecule has 1 aliphatic carbocycles. The van der Waals surface area contributed by atoms with Gasteiger partial charge in [-0.1, -0.05) is 19.3 Å². The zero-order chi connectivity index (χ0) is 16.4. The van der Waals surface area contributed by atoms with Gasteiger partial charge < -0.3 is 5.53 Å². The lowest BCUT2D eigenvalue weighted by atomic mass is 10.0. The molecule has 0 bridgehead atoms. The van der Waals surface area contributed by atoms with Gasteiger partial charge in [-0.3, -0.25) is 0 Å². The molecule has 0 spiro atoms. The van der Waals surface area contributed by atoms with E-state index in [1.165, 1.54) is 0 Å².